The van der Waals surface area contributed by atoms with Crippen molar-refractivity contribution in [2.24, 2.45) is 5.10 Å². The van der Waals surface area contributed by atoms with Crippen molar-refractivity contribution in [3.05, 3.63) is 68.9 Å². The topological polar surface area (TPSA) is 99.3 Å². The number of hydrogen-bond donors (Lipinski definition) is 2. The number of carbonyl (C=O) groups excluding carboxylic acids is 2. The second kappa shape index (κ2) is 9.43. The summed E-state index contributed by atoms with van der Waals surface area (Å²) in [4.78, 5) is 24.8. The molecule has 0 bridgehead atoms. The number of nitrogens with zero attached hydrogens (tertiary/aromatic N) is 3. The molecule has 1 aliphatic rings. The van der Waals surface area contributed by atoms with E-state index < -0.39 is 0 Å². The number of hydrazone groups is 1. The first kappa shape index (κ1) is 22.5. The Morgan fingerprint density at radius 1 is 1.18 bits per heavy atom. The number of amides is 2. The normalized spacial score (nSPS) is 12.9. The van der Waals surface area contributed by atoms with Crippen LogP contribution in [-0.2, 0) is 17.6 Å². The SMILES string of the molecule is CC(=O)Nc1ccc(C(=O)NN=Cc2cc(C)n(-c3sc4c(c3C#N)CCCC4)c2C)cc1. The van der Waals surface area contributed by atoms with Crippen LogP contribution < -0.4 is 10.7 Å². The molecule has 2 heterocycles. The maximum atomic E-state index is 12.4. The van der Waals surface area contributed by atoms with Gasteiger partial charge in [-0.25, -0.2) is 5.43 Å². The number of carbonyl (C=O) groups is 2. The van der Waals surface area contributed by atoms with E-state index in [0.717, 1.165) is 46.8 Å². The van der Waals surface area contributed by atoms with E-state index in [-0.39, 0.29) is 11.8 Å². The number of benzene rings is 1. The fraction of sp³-hybridized carbons (Fsp3) is 0.280. The number of aryl methyl sites for hydroxylation is 2. The summed E-state index contributed by atoms with van der Waals surface area (Å²) >= 11 is 1.71. The van der Waals surface area contributed by atoms with Gasteiger partial charge in [0.1, 0.15) is 11.1 Å². The molecule has 0 atom stereocenters. The van der Waals surface area contributed by atoms with Crippen molar-refractivity contribution < 1.29 is 9.59 Å². The number of rotatable bonds is 5. The Hall–Kier alpha value is -3.70. The van der Waals surface area contributed by atoms with E-state index >= 15 is 0 Å². The minimum Gasteiger partial charge on any atom is -0.326 e. The van der Waals surface area contributed by atoms with Crippen LogP contribution in [0.4, 0.5) is 5.69 Å². The predicted molar refractivity (Wildman–Crippen MR) is 130 cm³/mol. The molecule has 0 radical (unpaired) electrons. The lowest BCUT2D eigenvalue weighted by atomic mass is 9.96. The van der Waals surface area contributed by atoms with Gasteiger partial charge in [0.15, 0.2) is 0 Å². The average molecular weight is 460 g/mol. The monoisotopic (exact) mass is 459 g/mol. The van der Waals surface area contributed by atoms with E-state index in [1.807, 2.05) is 19.9 Å². The molecule has 0 saturated carbocycles. The fourth-order valence-electron chi connectivity index (χ4n) is 4.19. The van der Waals surface area contributed by atoms with Crippen molar-refractivity contribution in [3.63, 3.8) is 0 Å². The molecule has 2 aromatic heterocycles. The second-order valence-electron chi connectivity index (χ2n) is 8.12. The van der Waals surface area contributed by atoms with Crippen LogP contribution in [0, 0.1) is 25.2 Å². The van der Waals surface area contributed by atoms with Crippen molar-refractivity contribution in [2.75, 3.05) is 5.32 Å². The Balaban J connectivity index is 1.52. The molecule has 1 aromatic carbocycles. The zero-order chi connectivity index (χ0) is 23.5. The molecule has 7 nitrogen and oxygen atoms in total. The third-order valence-electron chi connectivity index (χ3n) is 5.78. The minimum atomic E-state index is -0.341. The number of aromatic nitrogens is 1. The molecule has 0 fully saturated rings. The Kier molecular flexibility index (Phi) is 6.43. The highest BCUT2D eigenvalue weighted by molar-refractivity contribution is 7.15. The number of nitrogens with one attached hydrogen (secondary N) is 2. The molecule has 8 heteroatoms. The lowest BCUT2D eigenvalue weighted by molar-refractivity contribution is -0.114. The Bertz CT molecular complexity index is 1290. The van der Waals surface area contributed by atoms with Gasteiger partial charge in [0.05, 0.1) is 11.8 Å². The average Bonchev–Trinajstić information content (AvgIpc) is 3.29. The number of nitriles is 1. The van der Waals surface area contributed by atoms with Crippen molar-refractivity contribution in [3.8, 4) is 11.1 Å². The first-order chi connectivity index (χ1) is 15.9. The molecule has 168 valence electrons. The Labute approximate surface area is 196 Å². The van der Waals surface area contributed by atoms with Crippen LogP contribution in [0.25, 0.3) is 5.00 Å². The molecule has 0 unspecified atom stereocenters. The Morgan fingerprint density at radius 3 is 2.61 bits per heavy atom. The summed E-state index contributed by atoms with van der Waals surface area (Å²) in [6.07, 6.45) is 5.95. The number of fused-ring (bicyclic) bond motifs is 1. The highest BCUT2D eigenvalue weighted by Gasteiger charge is 2.23. The molecule has 0 aliphatic heterocycles. The van der Waals surface area contributed by atoms with Crippen LogP contribution in [0.3, 0.4) is 0 Å². The molecule has 1 aliphatic carbocycles. The third-order valence-corrected chi connectivity index (χ3v) is 7.05. The van der Waals surface area contributed by atoms with Crippen LogP contribution in [0.15, 0.2) is 35.4 Å². The highest BCUT2D eigenvalue weighted by atomic mass is 32.1. The van der Waals surface area contributed by atoms with E-state index in [9.17, 15) is 14.9 Å². The summed E-state index contributed by atoms with van der Waals surface area (Å²) in [6.45, 7) is 5.44. The standard InChI is InChI=1S/C25H25N5O2S/c1-15-12-19(14-27-29-24(32)18-8-10-20(11-9-18)28-17(3)31)16(2)30(15)25-22(13-26)21-6-4-5-7-23(21)33-25/h8-12,14H,4-7H2,1-3H3,(H,28,31)(H,29,32). The zero-order valence-corrected chi connectivity index (χ0v) is 19.7. The summed E-state index contributed by atoms with van der Waals surface area (Å²) in [6, 6.07) is 11.0. The lowest BCUT2D eigenvalue weighted by Crippen LogP contribution is -2.17. The second-order valence-corrected chi connectivity index (χ2v) is 9.21. The van der Waals surface area contributed by atoms with E-state index in [1.165, 1.54) is 23.8 Å². The fourth-order valence-corrected chi connectivity index (χ4v) is 5.64. The smallest absolute Gasteiger partial charge is 0.271 e. The quantitative estimate of drug-likeness (QED) is 0.430. The molecular weight excluding hydrogens is 434 g/mol. The molecular formula is C25H25N5O2S. The van der Waals surface area contributed by atoms with Gasteiger partial charge in [-0.3, -0.25) is 9.59 Å². The minimum absolute atomic E-state index is 0.168. The van der Waals surface area contributed by atoms with Crippen LogP contribution in [-0.4, -0.2) is 22.6 Å². The van der Waals surface area contributed by atoms with E-state index in [0.29, 0.717) is 11.3 Å². The van der Waals surface area contributed by atoms with E-state index in [4.69, 9.17) is 0 Å². The molecule has 0 saturated heterocycles. The van der Waals surface area contributed by atoms with Gasteiger partial charge < -0.3 is 9.88 Å². The van der Waals surface area contributed by atoms with Crippen molar-refractivity contribution in [2.45, 2.75) is 46.5 Å². The lowest BCUT2D eigenvalue weighted by Gasteiger charge is -2.10. The summed E-state index contributed by atoms with van der Waals surface area (Å²) in [7, 11) is 0. The Morgan fingerprint density at radius 2 is 1.91 bits per heavy atom. The molecule has 2 amide bonds. The molecule has 33 heavy (non-hydrogen) atoms. The van der Waals surface area contributed by atoms with Crippen molar-refractivity contribution in [1.29, 1.82) is 5.26 Å². The molecule has 3 aromatic rings. The molecule has 4 rings (SSSR count). The summed E-state index contributed by atoms with van der Waals surface area (Å²) < 4.78 is 2.12. The van der Waals surface area contributed by atoms with Gasteiger partial charge in [0.25, 0.3) is 5.91 Å². The predicted octanol–water partition coefficient (Wildman–Crippen LogP) is 4.63. The maximum absolute atomic E-state index is 12.4. The van der Waals surface area contributed by atoms with Gasteiger partial charge in [0, 0.05) is 40.0 Å². The van der Waals surface area contributed by atoms with Crippen molar-refractivity contribution >= 4 is 35.1 Å². The van der Waals surface area contributed by atoms with E-state index in [1.54, 1.807) is 41.8 Å². The third kappa shape index (κ3) is 4.59. The molecule has 2 N–H and O–H groups in total. The first-order valence-electron chi connectivity index (χ1n) is 10.8. The van der Waals surface area contributed by atoms with Gasteiger partial charge in [-0.05, 0) is 75.4 Å². The first-order valence-corrected chi connectivity index (χ1v) is 11.7. The maximum Gasteiger partial charge on any atom is 0.271 e. The van der Waals surface area contributed by atoms with Crippen LogP contribution in [0.2, 0.25) is 0 Å². The highest BCUT2D eigenvalue weighted by Crippen LogP contribution is 2.38. The summed E-state index contributed by atoms with van der Waals surface area (Å²) in [5.41, 5.74) is 8.48. The summed E-state index contributed by atoms with van der Waals surface area (Å²) in [5.74, 6) is -0.508. The van der Waals surface area contributed by atoms with Gasteiger partial charge in [-0.1, -0.05) is 0 Å². The van der Waals surface area contributed by atoms with Crippen LogP contribution >= 0.6 is 11.3 Å². The summed E-state index contributed by atoms with van der Waals surface area (Å²) in [5, 5.41) is 17.6. The number of thiophene rings is 1. The largest absolute Gasteiger partial charge is 0.326 e. The van der Waals surface area contributed by atoms with Crippen molar-refractivity contribution in [1.82, 2.24) is 9.99 Å². The van der Waals surface area contributed by atoms with E-state index in [2.05, 4.69) is 26.5 Å². The van der Waals surface area contributed by atoms with Crippen LogP contribution in [0.5, 0.6) is 0 Å². The van der Waals surface area contributed by atoms with Gasteiger partial charge in [-0.15, -0.1) is 11.3 Å². The molecule has 0 spiro atoms. The van der Waals surface area contributed by atoms with Gasteiger partial charge in [0.2, 0.25) is 5.91 Å². The number of anilines is 1. The number of hydrogen-bond acceptors (Lipinski definition) is 5. The zero-order valence-electron chi connectivity index (χ0n) is 18.9. The van der Waals surface area contributed by atoms with Crippen LogP contribution in [0.1, 0.15) is 63.1 Å². The van der Waals surface area contributed by atoms with Gasteiger partial charge in [-0.2, -0.15) is 10.4 Å². The van der Waals surface area contributed by atoms with Gasteiger partial charge >= 0.3 is 0 Å².